The third kappa shape index (κ3) is 1.81. The molecule has 58 valence electrons. The van der Waals surface area contributed by atoms with Gasteiger partial charge in [0.15, 0.2) is 0 Å². The Morgan fingerprint density at radius 3 is 2.60 bits per heavy atom. The van der Waals surface area contributed by atoms with E-state index >= 15 is 0 Å². The van der Waals surface area contributed by atoms with Crippen LogP contribution in [0.25, 0.3) is 0 Å². The second kappa shape index (κ2) is 3.02. The SMILES string of the molecule is C=CC(C)C[N+]1(CP)CC1. The van der Waals surface area contributed by atoms with Gasteiger partial charge >= 0.3 is 0 Å². The fraction of sp³-hybridized carbons (Fsp3) is 0.750. The van der Waals surface area contributed by atoms with Crippen LogP contribution in [0.2, 0.25) is 0 Å². The Bertz CT molecular complexity index is 129. The van der Waals surface area contributed by atoms with Crippen molar-refractivity contribution in [3.05, 3.63) is 12.7 Å². The molecule has 0 aliphatic carbocycles. The van der Waals surface area contributed by atoms with Crippen molar-refractivity contribution in [2.45, 2.75) is 6.92 Å². The lowest BCUT2D eigenvalue weighted by Gasteiger charge is -2.18. The topological polar surface area (TPSA) is 0 Å². The van der Waals surface area contributed by atoms with Crippen LogP contribution in [0.4, 0.5) is 0 Å². The van der Waals surface area contributed by atoms with E-state index in [-0.39, 0.29) is 0 Å². The highest BCUT2D eigenvalue weighted by molar-refractivity contribution is 7.16. The van der Waals surface area contributed by atoms with E-state index < -0.39 is 0 Å². The first kappa shape index (κ1) is 8.23. The monoisotopic (exact) mass is 158 g/mol. The van der Waals surface area contributed by atoms with E-state index in [0.717, 1.165) is 0 Å². The molecule has 2 atom stereocenters. The molecule has 0 aromatic rings. The minimum absolute atomic E-state index is 0.683. The average molecular weight is 158 g/mol. The van der Waals surface area contributed by atoms with Crippen LogP contribution in [-0.4, -0.2) is 30.4 Å². The van der Waals surface area contributed by atoms with Crippen molar-refractivity contribution in [2.75, 3.05) is 25.9 Å². The van der Waals surface area contributed by atoms with Gasteiger partial charge in [0.05, 0.1) is 12.8 Å². The molecule has 0 amide bonds. The molecule has 1 rings (SSSR count). The van der Waals surface area contributed by atoms with Crippen LogP contribution in [0, 0.1) is 5.92 Å². The fourth-order valence-corrected chi connectivity index (χ4v) is 1.78. The van der Waals surface area contributed by atoms with E-state index in [0.29, 0.717) is 5.92 Å². The van der Waals surface area contributed by atoms with Gasteiger partial charge in [0.2, 0.25) is 0 Å². The lowest BCUT2D eigenvalue weighted by molar-refractivity contribution is -0.788. The number of rotatable bonds is 4. The van der Waals surface area contributed by atoms with Crippen molar-refractivity contribution in [2.24, 2.45) is 5.92 Å². The number of hydrogen-bond acceptors (Lipinski definition) is 0. The van der Waals surface area contributed by atoms with Gasteiger partial charge in [-0.1, -0.05) is 22.2 Å². The van der Waals surface area contributed by atoms with Crippen molar-refractivity contribution in [1.82, 2.24) is 0 Å². The van der Waals surface area contributed by atoms with Crippen LogP contribution in [0.15, 0.2) is 12.7 Å². The highest BCUT2D eigenvalue weighted by Gasteiger charge is 2.40. The first-order valence-corrected chi connectivity index (χ1v) is 4.72. The van der Waals surface area contributed by atoms with Gasteiger partial charge in [0, 0.05) is 5.92 Å². The highest BCUT2D eigenvalue weighted by Crippen LogP contribution is 2.25. The van der Waals surface area contributed by atoms with Crippen LogP contribution >= 0.6 is 9.24 Å². The van der Waals surface area contributed by atoms with Gasteiger partial charge in [-0.3, -0.25) is 0 Å². The van der Waals surface area contributed by atoms with Gasteiger partial charge in [0.25, 0.3) is 0 Å². The van der Waals surface area contributed by atoms with Crippen molar-refractivity contribution >= 4 is 9.24 Å². The predicted molar refractivity (Wildman–Crippen MR) is 48.8 cm³/mol. The summed E-state index contributed by atoms with van der Waals surface area (Å²) in [6.07, 6.45) is 3.27. The summed E-state index contributed by atoms with van der Waals surface area (Å²) in [7, 11) is 2.84. The molecule has 0 radical (unpaired) electrons. The Balaban J connectivity index is 2.30. The van der Waals surface area contributed by atoms with E-state index in [4.69, 9.17) is 0 Å². The molecule has 1 aliphatic heterocycles. The number of hydrogen-bond donors (Lipinski definition) is 0. The molecule has 1 aliphatic rings. The molecule has 10 heavy (non-hydrogen) atoms. The normalized spacial score (nSPS) is 23.8. The van der Waals surface area contributed by atoms with Crippen molar-refractivity contribution in [1.29, 1.82) is 0 Å². The molecule has 2 unspecified atom stereocenters. The van der Waals surface area contributed by atoms with E-state index in [1.807, 2.05) is 0 Å². The van der Waals surface area contributed by atoms with Gasteiger partial charge in [-0.05, 0) is 0 Å². The molecule has 0 aromatic carbocycles. The summed E-state index contributed by atoms with van der Waals surface area (Å²) >= 11 is 0. The fourth-order valence-electron chi connectivity index (χ4n) is 1.27. The van der Waals surface area contributed by atoms with Crippen LogP contribution in [0.3, 0.4) is 0 Å². The minimum Gasteiger partial charge on any atom is -0.311 e. The third-order valence-electron chi connectivity index (χ3n) is 2.32. The van der Waals surface area contributed by atoms with Crippen molar-refractivity contribution in [3.8, 4) is 0 Å². The maximum atomic E-state index is 3.79. The molecule has 1 saturated heterocycles. The predicted octanol–water partition coefficient (Wildman–Crippen LogP) is 1.47. The van der Waals surface area contributed by atoms with E-state index in [1.165, 1.54) is 30.4 Å². The third-order valence-corrected chi connectivity index (χ3v) is 3.10. The lowest BCUT2D eigenvalue weighted by atomic mass is 10.2. The summed E-state index contributed by atoms with van der Waals surface area (Å²) in [5, 5.41) is 0. The largest absolute Gasteiger partial charge is 0.311 e. The molecule has 0 bridgehead atoms. The second-order valence-corrected chi connectivity index (χ2v) is 3.73. The smallest absolute Gasteiger partial charge is 0.129 e. The van der Waals surface area contributed by atoms with Crippen molar-refractivity contribution in [3.63, 3.8) is 0 Å². The molecule has 1 fully saturated rings. The van der Waals surface area contributed by atoms with Gasteiger partial charge < -0.3 is 4.48 Å². The first-order chi connectivity index (χ1) is 4.72. The number of nitrogens with zero attached hydrogens (tertiary/aromatic N) is 1. The Morgan fingerprint density at radius 1 is 1.70 bits per heavy atom. The molecule has 0 spiro atoms. The molecule has 1 heterocycles. The summed E-state index contributed by atoms with van der Waals surface area (Å²) in [6, 6.07) is 0. The maximum absolute atomic E-state index is 3.79. The average Bonchev–Trinajstić information content (AvgIpc) is 2.70. The van der Waals surface area contributed by atoms with E-state index in [9.17, 15) is 0 Å². The van der Waals surface area contributed by atoms with Crippen LogP contribution in [-0.2, 0) is 0 Å². The summed E-state index contributed by atoms with van der Waals surface area (Å²) in [5.41, 5.74) is 0. The van der Waals surface area contributed by atoms with Gasteiger partial charge in [-0.2, -0.15) is 0 Å². The Hall–Kier alpha value is 0.130. The summed E-state index contributed by atoms with van der Waals surface area (Å²) < 4.78 is 1.30. The molecule has 0 aromatic heterocycles. The standard InChI is InChI=1S/C8H17NP/c1-3-8(2)6-9(7-10)4-5-9/h3,8H,1,4-7,10H2,2H3/q+1. The molecule has 1 nitrogen and oxygen atoms in total. The molecule has 0 saturated carbocycles. The molecule has 2 heteroatoms. The number of quaternary nitrogens is 1. The summed E-state index contributed by atoms with van der Waals surface area (Å²) in [6.45, 7) is 10.1. The summed E-state index contributed by atoms with van der Waals surface area (Å²) in [4.78, 5) is 0. The lowest BCUT2D eigenvalue weighted by Crippen LogP contribution is -2.28. The molecular formula is C8H17NP+. The Kier molecular flexibility index (Phi) is 2.49. The first-order valence-electron chi connectivity index (χ1n) is 3.90. The zero-order valence-electron chi connectivity index (χ0n) is 6.71. The quantitative estimate of drug-likeness (QED) is 0.251. The van der Waals surface area contributed by atoms with Gasteiger partial charge in [-0.25, -0.2) is 0 Å². The van der Waals surface area contributed by atoms with E-state index in [2.05, 4.69) is 28.8 Å². The molecular weight excluding hydrogens is 141 g/mol. The van der Waals surface area contributed by atoms with Crippen LogP contribution in [0.5, 0.6) is 0 Å². The molecule has 0 N–H and O–H groups in total. The van der Waals surface area contributed by atoms with E-state index in [1.54, 1.807) is 0 Å². The highest BCUT2D eigenvalue weighted by atomic mass is 31.0. The van der Waals surface area contributed by atoms with Crippen LogP contribution in [0.1, 0.15) is 6.92 Å². The minimum atomic E-state index is 0.683. The summed E-state index contributed by atoms with van der Waals surface area (Å²) in [5.74, 6) is 0.683. The second-order valence-electron chi connectivity index (χ2n) is 3.37. The zero-order chi connectivity index (χ0) is 7.61. The Morgan fingerprint density at radius 2 is 2.30 bits per heavy atom. The Labute approximate surface area is 65.9 Å². The van der Waals surface area contributed by atoms with Gasteiger partial charge in [0.1, 0.15) is 13.1 Å². The zero-order valence-corrected chi connectivity index (χ0v) is 7.87. The maximum Gasteiger partial charge on any atom is 0.129 e. The van der Waals surface area contributed by atoms with Crippen LogP contribution < -0.4 is 0 Å². The van der Waals surface area contributed by atoms with Crippen molar-refractivity contribution < 1.29 is 4.48 Å². The van der Waals surface area contributed by atoms with Gasteiger partial charge in [-0.15, -0.1) is 6.58 Å².